The number of aromatic nitrogens is 2. The van der Waals surface area contributed by atoms with Crippen LogP contribution in [0.2, 0.25) is 0 Å². The van der Waals surface area contributed by atoms with E-state index in [2.05, 4.69) is 33.6 Å². The molecule has 1 heterocycles. The monoisotopic (exact) mass is 390 g/mol. The largest absolute Gasteiger partial charge is 0.497 e. The molecule has 0 saturated heterocycles. The standard InChI is InChI=1S/C20H30N4O2S/c1-5-16(2)22-20(27)24(11-6-10-23-12-9-21-15-23)14-17-7-8-18(25-3)13-19(17)26-4/h7-9,12-13,15-16H,5-6,10-11,14H2,1-4H3,(H,22,27). The van der Waals surface area contributed by atoms with Gasteiger partial charge >= 0.3 is 0 Å². The molecular formula is C20H30N4O2S. The number of ether oxygens (including phenoxy) is 2. The summed E-state index contributed by atoms with van der Waals surface area (Å²) >= 11 is 5.69. The normalized spacial score (nSPS) is 11.7. The number of imidazole rings is 1. The third-order valence-corrected chi connectivity index (χ3v) is 4.90. The maximum Gasteiger partial charge on any atom is 0.169 e. The molecule has 1 unspecified atom stereocenters. The van der Waals surface area contributed by atoms with Crippen molar-refractivity contribution in [2.75, 3.05) is 20.8 Å². The van der Waals surface area contributed by atoms with Crippen molar-refractivity contribution < 1.29 is 9.47 Å². The van der Waals surface area contributed by atoms with E-state index in [0.717, 1.165) is 48.1 Å². The number of aryl methyl sites for hydroxylation is 1. The summed E-state index contributed by atoms with van der Waals surface area (Å²) in [6, 6.07) is 6.23. The van der Waals surface area contributed by atoms with Gasteiger partial charge in [-0.3, -0.25) is 0 Å². The zero-order chi connectivity index (χ0) is 19.6. The Morgan fingerprint density at radius 3 is 2.78 bits per heavy atom. The molecule has 0 aliphatic heterocycles. The molecule has 1 N–H and O–H groups in total. The van der Waals surface area contributed by atoms with E-state index in [4.69, 9.17) is 21.7 Å². The summed E-state index contributed by atoms with van der Waals surface area (Å²) in [6.07, 6.45) is 7.61. The molecule has 0 spiro atoms. The second-order valence-electron chi connectivity index (χ2n) is 6.51. The van der Waals surface area contributed by atoms with Crippen LogP contribution in [0.5, 0.6) is 11.5 Å². The summed E-state index contributed by atoms with van der Waals surface area (Å²) < 4.78 is 12.9. The van der Waals surface area contributed by atoms with Gasteiger partial charge in [-0.1, -0.05) is 6.92 Å². The quantitative estimate of drug-likeness (QED) is 0.627. The lowest BCUT2D eigenvalue weighted by Crippen LogP contribution is -2.43. The molecule has 0 bridgehead atoms. The average molecular weight is 391 g/mol. The van der Waals surface area contributed by atoms with Crippen LogP contribution >= 0.6 is 12.2 Å². The van der Waals surface area contributed by atoms with Crippen molar-refractivity contribution in [2.24, 2.45) is 0 Å². The molecular weight excluding hydrogens is 360 g/mol. The minimum atomic E-state index is 0.339. The predicted molar refractivity (Wildman–Crippen MR) is 112 cm³/mol. The van der Waals surface area contributed by atoms with Crippen molar-refractivity contribution in [3.63, 3.8) is 0 Å². The number of benzene rings is 1. The molecule has 0 fully saturated rings. The molecule has 6 nitrogen and oxygen atoms in total. The number of hydrogen-bond acceptors (Lipinski definition) is 4. The van der Waals surface area contributed by atoms with Gasteiger partial charge < -0.3 is 24.3 Å². The molecule has 2 rings (SSSR count). The van der Waals surface area contributed by atoms with Crippen LogP contribution < -0.4 is 14.8 Å². The summed E-state index contributed by atoms with van der Waals surface area (Å²) in [5.41, 5.74) is 1.08. The second kappa shape index (κ2) is 10.8. The van der Waals surface area contributed by atoms with Crippen LogP contribution in [0, 0.1) is 0 Å². The average Bonchev–Trinajstić information content (AvgIpc) is 3.20. The molecule has 0 aliphatic carbocycles. The van der Waals surface area contributed by atoms with Gasteiger partial charge in [0.05, 0.1) is 20.5 Å². The molecule has 2 aromatic rings. The zero-order valence-corrected chi connectivity index (χ0v) is 17.5. The fourth-order valence-corrected chi connectivity index (χ4v) is 3.06. The minimum Gasteiger partial charge on any atom is -0.497 e. The number of thiocarbonyl (C=S) groups is 1. The molecule has 1 aromatic carbocycles. The van der Waals surface area contributed by atoms with E-state index in [0.29, 0.717) is 12.6 Å². The van der Waals surface area contributed by atoms with E-state index in [9.17, 15) is 0 Å². The van der Waals surface area contributed by atoms with E-state index in [1.54, 1.807) is 20.4 Å². The lowest BCUT2D eigenvalue weighted by Gasteiger charge is -2.28. The van der Waals surface area contributed by atoms with Crippen molar-refractivity contribution in [3.05, 3.63) is 42.5 Å². The van der Waals surface area contributed by atoms with E-state index >= 15 is 0 Å². The van der Waals surface area contributed by atoms with E-state index in [1.807, 2.05) is 30.7 Å². The molecule has 1 aromatic heterocycles. The van der Waals surface area contributed by atoms with Crippen LogP contribution in [-0.4, -0.2) is 46.4 Å². The van der Waals surface area contributed by atoms with Crippen LogP contribution in [0.15, 0.2) is 36.9 Å². The van der Waals surface area contributed by atoms with Gasteiger partial charge in [-0.05, 0) is 44.1 Å². The molecule has 1 atom stereocenters. The summed E-state index contributed by atoms with van der Waals surface area (Å²) in [7, 11) is 3.33. The highest BCUT2D eigenvalue weighted by Gasteiger charge is 2.15. The van der Waals surface area contributed by atoms with E-state index < -0.39 is 0 Å². The van der Waals surface area contributed by atoms with Gasteiger partial charge in [-0.2, -0.15) is 0 Å². The Labute approximate surface area is 167 Å². The molecule has 0 aliphatic rings. The van der Waals surface area contributed by atoms with Gasteiger partial charge in [0.2, 0.25) is 0 Å². The first kappa shape index (κ1) is 21.0. The number of nitrogens with zero attached hydrogens (tertiary/aromatic N) is 3. The second-order valence-corrected chi connectivity index (χ2v) is 6.90. The fourth-order valence-electron chi connectivity index (χ4n) is 2.71. The van der Waals surface area contributed by atoms with Gasteiger partial charge in [0.15, 0.2) is 5.11 Å². The first-order chi connectivity index (χ1) is 13.1. The first-order valence-corrected chi connectivity index (χ1v) is 9.70. The Kier molecular flexibility index (Phi) is 8.39. The van der Waals surface area contributed by atoms with Crippen molar-refractivity contribution in [1.29, 1.82) is 0 Å². The van der Waals surface area contributed by atoms with Crippen molar-refractivity contribution in [2.45, 2.75) is 45.8 Å². The highest BCUT2D eigenvalue weighted by Crippen LogP contribution is 2.26. The Balaban J connectivity index is 2.09. The molecule has 27 heavy (non-hydrogen) atoms. The van der Waals surface area contributed by atoms with Gasteiger partial charge in [0.1, 0.15) is 11.5 Å². The molecule has 0 amide bonds. The van der Waals surface area contributed by atoms with Gasteiger partial charge in [0, 0.05) is 49.7 Å². The van der Waals surface area contributed by atoms with E-state index in [1.165, 1.54) is 0 Å². The summed E-state index contributed by atoms with van der Waals surface area (Å²) in [4.78, 5) is 6.29. The summed E-state index contributed by atoms with van der Waals surface area (Å²) in [5, 5.41) is 4.20. The third-order valence-electron chi connectivity index (χ3n) is 4.53. The maximum atomic E-state index is 5.69. The van der Waals surface area contributed by atoms with Crippen LogP contribution in [0.4, 0.5) is 0 Å². The van der Waals surface area contributed by atoms with E-state index in [-0.39, 0.29) is 0 Å². The fraction of sp³-hybridized carbons (Fsp3) is 0.500. The molecule has 0 saturated carbocycles. The van der Waals surface area contributed by atoms with Gasteiger partial charge in [0.25, 0.3) is 0 Å². The summed E-state index contributed by atoms with van der Waals surface area (Å²) in [6.45, 7) is 6.72. The Bertz CT molecular complexity index is 706. The van der Waals surface area contributed by atoms with Crippen molar-refractivity contribution in [3.8, 4) is 11.5 Å². The van der Waals surface area contributed by atoms with Gasteiger partial charge in [-0.15, -0.1) is 0 Å². The minimum absolute atomic E-state index is 0.339. The Morgan fingerprint density at radius 1 is 1.33 bits per heavy atom. The van der Waals surface area contributed by atoms with Crippen LogP contribution in [0.1, 0.15) is 32.3 Å². The number of rotatable bonds is 10. The molecule has 148 valence electrons. The van der Waals surface area contributed by atoms with Crippen molar-refractivity contribution in [1.82, 2.24) is 19.8 Å². The van der Waals surface area contributed by atoms with Crippen molar-refractivity contribution >= 4 is 17.3 Å². The van der Waals surface area contributed by atoms with Crippen LogP contribution in [0.3, 0.4) is 0 Å². The molecule has 7 heteroatoms. The highest BCUT2D eigenvalue weighted by molar-refractivity contribution is 7.80. The lowest BCUT2D eigenvalue weighted by atomic mass is 10.1. The maximum absolute atomic E-state index is 5.69. The first-order valence-electron chi connectivity index (χ1n) is 9.29. The molecule has 0 radical (unpaired) electrons. The summed E-state index contributed by atoms with van der Waals surface area (Å²) in [5.74, 6) is 1.59. The Morgan fingerprint density at radius 2 is 2.15 bits per heavy atom. The van der Waals surface area contributed by atoms with Crippen LogP contribution in [0.25, 0.3) is 0 Å². The van der Waals surface area contributed by atoms with Gasteiger partial charge in [-0.25, -0.2) is 4.98 Å². The number of hydrogen-bond donors (Lipinski definition) is 1. The number of nitrogens with one attached hydrogen (secondary N) is 1. The Hall–Kier alpha value is -2.28. The van der Waals surface area contributed by atoms with Crippen LogP contribution in [-0.2, 0) is 13.1 Å². The lowest BCUT2D eigenvalue weighted by molar-refractivity contribution is 0.357. The predicted octanol–water partition coefficient (Wildman–Crippen LogP) is 3.47. The highest BCUT2D eigenvalue weighted by atomic mass is 32.1. The zero-order valence-electron chi connectivity index (χ0n) is 16.6. The topological polar surface area (TPSA) is 51.6 Å². The smallest absolute Gasteiger partial charge is 0.169 e. The number of methoxy groups -OCH3 is 2. The SMILES string of the molecule is CCC(C)NC(=S)N(CCCn1ccnc1)Cc1ccc(OC)cc1OC. The third kappa shape index (κ3) is 6.43.